The maximum atomic E-state index is 14.1. The van der Waals surface area contributed by atoms with E-state index in [4.69, 9.17) is 4.74 Å². The predicted octanol–water partition coefficient (Wildman–Crippen LogP) is 6.16. The number of anilines is 1. The molecular formula is C30H43N3O4. The number of carbonyl (C=O) groups is 3. The number of carbonyl (C=O) groups excluding carboxylic acids is 3. The summed E-state index contributed by atoms with van der Waals surface area (Å²) < 4.78 is 5.43. The Morgan fingerprint density at radius 2 is 1.54 bits per heavy atom. The lowest BCUT2D eigenvalue weighted by Crippen LogP contribution is -2.54. The average Bonchev–Trinajstić information content (AvgIpc) is 2.81. The molecule has 2 aromatic rings. The molecule has 0 saturated carbocycles. The van der Waals surface area contributed by atoms with Gasteiger partial charge in [-0.15, -0.1) is 0 Å². The largest absolute Gasteiger partial charge is 0.444 e. The molecule has 37 heavy (non-hydrogen) atoms. The monoisotopic (exact) mass is 509 g/mol. The lowest BCUT2D eigenvalue weighted by atomic mass is 9.98. The topological polar surface area (TPSA) is 87.7 Å². The molecule has 0 spiro atoms. The van der Waals surface area contributed by atoms with Crippen molar-refractivity contribution in [3.8, 4) is 0 Å². The van der Waals surface area contributed by atoms with Gasteiger partial charge in [-0.3, -0.25) is 9.59 Å². The number of benzene rings is 2. The van der Waals surface area contributed by atoms with Crippen LogP contribution in [-0.2, 0) is 14.3 Å². The number of nitrogens with zero attached hydrogens (tertiary/aromatic N) is 1. The van der Waals surface area contributed by atoms with E-state index in [1.807, 2.05) is 83.1 Å². The summed E-state index contributed by atoms with van der Waals surface area (Å²) in [5.74, 6) is -0.838. The van der Waals surface area contributed by atoms with Crippen LogP contribution in [-0.4, -0.2) is 41.0 Å². The number of rotatable bonds is 10. The minimum atomic E-state index is -0.874. The molecule has 7 heteroatoms. The van der Waals surface area contributed by atoms with E-state index < -0.39 is 23.8 Å². The standard InChI is InChI=1S/C30H43N3O4/c1-9-10-19-33(28(35)24(20(2)3)32-29(36)37-30(6,7)8)26(23-17-12-11-13-18-23)27(34)31-25-21(4)15-14-16-22(25)5/h11-18,20,24,26H,9-10,19H2,1-8H3,(H,31,34)(H,32,36). The molecule has 0 aliphatic heterocycles. The molecular weight excluding hydrogens is 466 g/mol. The van der Waals surface area contributed by atoms with E-state index in [-0.39, 0.29) is 17.7 Å². The first-order valence-electron chi connectivity index (χ1n) is 13.1. The molecule has 2 unspecified atom stereocenters. The predicted molar refractivity (Wildman–Crippen MR) is 148 cm³/mol. The van der Waals surface area contributed by atoms with Crippen LogP contribution in [0.2, 0.25) is 0 Å². The van der Waals surface area contributed by atoms with Crippen LogP contribution in [0.15, 0.2) is 48.5 Å². The summed E-state index contributed by atoms with van der Waals surface area (Å²) in [4.78, 5) is 42.2. The number of amides is 3. The maximum Gasteiger partial charge on any atom is 0.408 e. The van der Waals surface area contributed by atoms with E-state index >= 15 is 0 Å². The SMILES string of the molecule is CCCCN(C(=O)C(NC(=O)OC(C)(C)C)C(C)C)C(C(=O)Nc1c(C)cccc1C)c1ccccc1. The Hall–Kier alpha value is -3.35. The molecule has 2 atom stereocenters. The van der Waals surface area contributed by atoms with E-state index in [0.717, 1.165) is 23.2 Å². The van der Waals surface area contributed by atoms with E-state index in [0.29, 0.717) is 18.5 Å². The van der Waals surface area contributed by atoms with Crippen LogP contribution in [0.3, 0.4) is 0 Å². The zero-order valence-electron chi connectivity index (χ0n) is 23.6. The van der Waals surface area contributed by atoms with Crippen molar-refractivity contribution in [3.63, 3.8) is 0 Å². The second-order valence-corrected chi connectivity index (χ2v) is 10.8. The summed E-state index contributed by atoms with van der Waals surface area (Å²) in [6.07, 6.45) is 0.893. The molecule has 202 valence electrons. The van der Waals surface area contributed by atoms with Gasteiger partial charge in [0.25, 0.3) is 5.91 Å². The lowest BCUT2D eigenvalue weighted by Gasteiger charge is -2.35. The van der Waals surface area contributed by atoms with E-state index in [1.54, 1.807) is 25.7 Å². The molecule has 0 fully saturated rings. The van der Waals surface area contributed by atoms with Crippen molar-refractivity contribution >= 4 is 23.6 Å². The fourth-order valence-corrected chi connectivity index (χ4v) is 4.13. The number of hydrogen-bond donors (Lipinski definition) is 2. The Morgan fingerprint density at radius 1 is 0.946 bits per heavy atom. The Labute approximate surface area is 222 Å². The highest BCUT2D eigenvalue weighted by Crippen LogP contribution is 2.28. The summed E-state index contributed by atoms with van der Waals surface area (Å²) in [6.45, 7) is 15.4. The molecule has 0 bridgehead atoms. The Kier molecular flexibility index (Phi) is 10.7. The third-order valence-corrected chi connectivity index (χ3v) is 6.05. The fourth-order valence-electron chi connectivity index (χ4n) is 4.13. The Bertz CT molecular complexity index is 1040. The van der Waals surface area contributed by atoms with Crippen molar-refractivity contribution in [1.29, 1.82) is 0 Å². The molecule has 0 radical (unpaired) electrons. The van der Waals surface area contributed by atoms with Crippen LogP contribution in [0.5, 0.6) is 0 Å². The smallest absolute Gasteiger partial charge is 0.408 e. The summed E-state index contributed by atoms with van der Waals surface area (Å²) in [7, 11) is 0. The molecule has 0 saturated heterocycles. The second-order valence-electron chi connectivity index (χ2n) is 10.8. The highest BCUT2D eigenvalue weighted by molar-refractivity contribution is 6.00. The summed E-state index contributed by atoms with van der Waals surface area (Å²) in [5.41, 5.74) is 2.63. The third kappa shape index (κ3) is 8.62. The van der Waals surface area contributed by atoms with Gasteiger partial charge in [-0.2, -0.15) is 0 Å². The van der Waals surface area contributed by atoms with Crippen LogP contribution < -0.4 is 10.6 Å². The van der Waals surface area contributed by atoms with Crippen LogP contribution in [0, 0.1) is 19.8 Å². The molecule has 2 aromatic carbocycles. The summed E-state index contributed by atoms with van der Waals surface area (Å²) >= 11 is 0. The maximum absolute atomic E-state index is 14.1. The number of aryl methyl sites for hydroxylation is 2. The van der Waals surface area contributed by atoms with Gasteiger partial charge in [-0.25, -0.2) is 4.79 Å². The van der Waals surface area contributed by atoms with Gasteiger partial charge in [0, 0.05) is 12.2 Å². The number of ether oxygens (including phenoxy) is 1. The van der Waals surface area contributed by atoms with Gasteiger partial charge in [-0.1, -0.05) is 75.7 Å². The van der Waals surface area contributed by atoms with Crippen LogP contribution in [0.25, 0.3) is 0 Å². The van der Waals surface area contributed by atoms with Crippen molar-refractivity contribution in [2.75, 3.05) is 11.9 Å². The van der Waals surface area contributed by atoms with E-state index in [1.165, 1.54) is 0 Å². The molecule has 0 aliphatic carbocycles. The van der Waals surface area contributed by atoms with Gasteiger partial charge in [0.1, 0.15) is 17.7 Å². The van der Waals surface area contributed by atoms with Crippen LogP contribution in [0.1, 0.15) is 77.1 Å². The molecule has 3 amide bonds. The summed E-state index contributed by atoms with van der Waals surface area (Å²) in [5, 5.41) is 5.84. The van der Waals surface area contributed by atoms with Crippen molar-refractivity contribution < 1.29 is 19.1 Å². The number of hydrogen-bond acceptors (Lipinski definition) is 4. The first-order valence-corrected chi connectivity index (χ1v) is 13.1. The number of para-hydroxylation sites is 1. The zero-order valence-corrected chi connectivity index (χ0v) is 23.6. The summed E-state index contributed by atoms with van der Waals surface area (Å²) in [6, 6.07) is 13.4. The molecule has 7 nitrogen and oxygen atoms in total. The Balaban J connectivity index is 2.51. The fraction of sp³-hybridized carbons (Fsp3) is 0.500. The van der Waals surface area contributed by atoms with Crippen molar-refractivity contribution in [2.45, 2.75) is 85.9 Å². The minimum absolute atomic E-state index is 0.220. The highest BCUT2D eigenvalue weighted by Gasteiger charge is 2.37. The van der Waals surface area contributed by atoms with Gasteiger partial charge in [-0.05, 0) is 63.6 Å². The molecule has 2 rings (SSSR count). The molecule has 0 aliphatic rings. The van der Waals surface area contributed by atoms with Crippen molar-refractivity contribution in [2.24, 2.45) is 5.92 Å². The number of unbranched alkanes of at least 4 members (excludes halogenated alkanes) is 1. The minimum Gasteiger partial charge on any atom is -0.444 e. The second kappa shape index (κ2) is 13.3. The molecule has 0 heterocycles. The van der Waals surface area contributed by atoms with Gasteiger partial charge < -0.3 is 20.3 Å². The molecule has 0 aromatic heterocycles. The van der Waals surface area contributed by atoms with Gasteiger partial charge in [0.15, 0.2) is 0 Å². The van der Waals surface area contributed by atoms with E-state index in [2.05, 4.69) is 10.6 Å². The average molecular weight is 510 g/mol. The normalized spacial score (nSPS) is 13.0. The van der Waals surface area contributed by atoms with Gasteiger partial charge >= 0.3 is 6.09 Å². The highest BCUT2D eigenvalue weighted by atomic mass is 16.6. The van der Waals surface area contributed by atoms with Crippen LogP contribution in [0.4, 0.5) is 10.5 Å². The number of nitrogens with one attached hydrogen (secondary N) is 2. The first kappa shape index (κ1) is 29.9. The lowest BCUT2D eigenvalue weighted by molar-refractivity contribution is -0.141. The van der Waals surface area contributed by atoms with Crippen molar-refractivity contribution in [1.82, 2.24) is 10.2 Å². The Morgan fingerprint density at radius 3 is 2.05 bits per heavy atom. The third-order valence-electron chi connectivity index (χ3n) is 6.05. The number of alkyl carbamates (subject to hydrolysis) is 1. The zero-order chi connectivity index (χ0) is 27.8. The first-order chi connectivity index (χ1) is 17.4. The van der Waals surface area contributed by atoms with Gasteiger partial charge in [0.2, 0.25) is 5.91 Å². The molecule has 2 N–H and O–H groups in total. The van der Waals surface area contributed by atoms with Gasteiger partial charge in [0.05, 0.1) is 0 Å². The van der Waals surface area contributed by atoms with Crippen molar-refractivity contribution in [3.05, 3.63) is 65.2 Å². The quantitative estimate of drug-likeness (QED) is 0.401. The van der Waals surface area contributed by atoms with Crippen LogP contribution >= 0.6 is 0 Å². The van der Waals surface area contributed by atoms with E-state index in [9.17, 15) is 14.4 Å².